The predicted octanol–water partition coefficient (Wildman–Crippen LogP) is 1.14. The summed E-state index contributed by atoms with van der Waals surface area (Å²) >= 11 is 0. The molecule has 1 aliphatic carbocycles. The largest absolute Gasteiger partial charge is 0.271 e. The minimum atomic E-state index is -0.280. The molecule has 70 valence electrons. The van der Waals surface area contributed by atoms with Crippen LogP contribution in [0.2, 0.25) is 0 Å². The Kier molecular flexibility index (Phi) is 2.24. The summed E-state index contributed by atoms with van der Waals surface area (Å²) < 4.78 is 13.3. The van der Waals surface area contributed by atoms with Gasteiger partial charge in [0.05, 0.1) is 11.7 Å². The second-order valence-corrected chi connectivity index (χ2v) is 3.35. The van der Waals surface area contributed by atoms with Crippen LogP contribution in [0.4, 0.5) is 4.39 Å². The smallest absolute Gasteiger partial charge is 0.146 e. The summed E-state index contributed by atoms with van der Waals surface area (Å²) in [5, 5.41) is 0. The van der Waals surface area contributed by atoms with Crippen molar-refractivity contribution in [1.29, 1.82) is 0 Å². The number of hydrogen-bond donors (Lipinski definition) is 2. The Hall–Kier alpha value is -1.00. The van der Waals surface area contributed by atoms with Crippen molar-refractivity contribution in [1.82, 2.24) is 10.4 Å². The van der Waals surface area contributed by atoms with E-state index < -0.39 is 0 Å². The molecular formula is C9H12FN3. The number of nitrogens with zero attached hydrogens (tertiary/aromatic N) is 1. The van der Waals surface area contributed by atoms with Crippen molar-refractivity contribution < 1.29 is 4.39 Å². The Morgan fingerprint density at radius 3 is 2.92 bits per heavy atom. The van der Waals surface area contributed by atoms with Gasteiger partial charge in [-0.25, -0.2) is 4.39 Å². The molecule has 13 heavy (non-hydrogen) atoms. The van der Waals surface area contributed by atoms with Crippen LogP contribution in [0.15, 0.2) is 18.3 Å². The van der Waals surface area contributed by atoms with E-state index in [2.05, 4.69) is 10.4 Å². The highest BCUT2D eigenvalue weighted by Gasteiger charge is 2.33. The third-order valence-electron chi connectivity index (χ3n) is 2.35. The summed E-state index contributed by atoms with van der Waals surface area (Å²) in [6.45, 7) is 0. The van der Waals surface area contributed by atoms with Crippen LogP contribution in [-0.2, 0) is 0 Å². The van der Waals surface area contributed by atoms with Gasteiger partial charge >= 0.3 is 0 Å². The Bertz CT molecular complexity index is 299. The molecule has 3 N–H and O–H groups in total. The maximum Gasteiger partial charge on any atom is 0.146 e. The lowest BCUT2D eigenvalue weighted by Crippen LogP contribution is -2.30. The van der Waals surface area contributed by atoms with Crippen molar-refractivity contribution in [3.05, 3.63) is 29.8 Å². The van der Waals surface area contributed by atoms with Gasteiger partial charge in [-0.15, -0.1) is 0 Å². The first-order valence-corrected chi connectivity index (χ1v) is 4.39. The van der Waals surface area contributed by atoms with Crippen LogP contribution in [0.25, 0.3) is 0 Å². The SMILES string of the molecule is NNC(c1ncccc1F)C1CC1. The van der Waals surface area contributed by atoms with Crippen LogP contribution in [0.5, 0.6) is 0 Å². The number of aromatic nitrogens is 1. The van der Waals surface area contributed by atoms with Crippen molar-refractivity contribution in [3.63, 3.8) is 0 Å². The molecule has 1 aromatic heterocycles. The molecule has 0 spiro atoms. The van der Waals surface area contributed by atoms with Crippen molar-refractivity contribution in [2.24, 2.45) is 11.8 Å². The lowest BCUT2D eigenvalue weighted by molar-refractivity contribution is 0.455. The van der Waals surface area contributed by atoms with Crippen LogP contribution in [-0.4, -0.2) is 4.98 Å². The number of hydrogen-bond acceptors (Lipinski definition) is 3. The van der Waals surface area contributed by atoms with Gasteiger partial charge in [-0.3, -0.25) is 16.3 Å². The summed E-state index contributed by atoms with van der Waals surface area (Å²) in [4.78, 5) is 3.99. The Morgan fingerprint density at radius 2 is 2.38 bits per heavy atom. The topological polar surface area (TPSA) is 50.9 Å². The number of rotatable bonds is 3. The molecule has 0 amide bonds. The minimum Gasteiger partial charge on any atom is -0.271 e. The lowest BCUT2D eigenvalue weighted by atomic mass is 10.1. The van der Waals surface area contributed by atoms with E-state index in [1.54, 1.807) is 12.3 Å². The molecule has 1 aliphatic rings. The fourth-order valence-corrected chi connectivity index (χ4v) is 1.49. The molecule has 1 unspecified atom stereocenters. The Morgan fingerprint density at radius 1 is 1.62 bits per heavy atom. The van der Waals surface area contributed by atoms with Crippen LogP contribution in [0.3, 0.4) is 0 Å². The van der Waals surface area contributed by atoms with E-state index >= 15 is 0 Å². The zero-order valence-electron chi connectivity index (χ0n) is 7.20. The van der Waals surface area contributed by atoms with E-state index in [-0.39, 0.29) is 11.9 Å². The highest BCUT2D eigenvalue weighted by molar-refractivity contribution is 5.14. The Balaban J connectivity index is 2.26. The minimum absolute atomic E-state index is 0.124. The Labute approximate surface area is 76.1 Å². The molecular weight excluding hydrogens is 169 g/mol. The molecule has 3 nitrogen and oxygen atoms in total. The molecule has 0 radical (unpaired) electrons. The molecule has 1 atom stereocenters. The monoisotopic (exact) mass is 181 g/mol. The maximum atomic E-state index is 13.3. The van der Waals surface area contributed by atoms with Gasteiger partial charge in [0.1, 0.15) is 5.82 Å². The molecule has 0 aliphatic heterocycles. The summed E-state index contributed by atoms with van der Waals surface area (Å²) in [5.41, 5.74) is 3.06. The molecule has 0 bridgehead atoms. The highest BCUT2D eigenvalue weighted by atomic mass is 19.1. The fraction of sp³-hybridized carbons (Fsp3) is 0.444. The fourth-order valence-electron chi connectivity index (χ4n) is 1.49. The van der Waals surface area contributed by atoms with Gasteiger partial charge < -0.3 is 0 Å². The van der Waals surface area contributed by atoms with Gasteiger partial charge in [-0.1, -0.05) is 0 Å². The van der Waals surface area contributed by atoms with E-state index in [4.69, 9.17) is 5.84 Å². The van der Waals surface area contributed by atoms with Gasteiger partial charge in [0.25, 0.3) is 0 Å². The van der Waals surface area contributed by atoms with Gasteiger partial charge in [-0.05, 0) is 30.9 Å². The van der Waals surface area contributed by atoms with E-state index in [1.807, 2.05) is 0 Å². The van der Waals surface area contributed by atoms with E-state index in [9.17, 15) is 4.39 Å². The normalized spacial score (nSPS) is 18.6. The summed E-state index contributed by atoms with van der Waals surface area (Å²) in [7, 11) is 0. The second-order valence-electron chi connectivity index (χ2n) is 3.35. The standard InChI is InChI=1S/C9H12FN3/c10-7-2-1-5-12-9(7)8(13-11)6-3-4-6/h1-2,5-6,8,13H,3-4,11H2. The van der Waals surface area contributed by atoms with Gasteiger partial charge in [0, 0.05) is 6.20 Å². The molecule has 1 fully saturated rings. The van der Waals surface area contributed by atoms with Crippen molar-refractivity contribution in [3.8, 4) is 0 Å². The van der Waals surface area contributed by atoms with Crippen molar-refractivity contribution >= 4 is 0 Å². The highest BCUT2D eigenvalue weighted by Crippen LogP contribution is 2.40. The predicted molar refractivity (Wildman–Crippen MR) is 47.0 cm³/mol. The average Bonchev–Trinajstić information content (AvgIpc) is 2.93. The van der Waals surface area contributed by atoms with Crippen LogP contribution < -0.4 is 11.3 Å². The van der Waals surface area contributed by atoms with Crippen molar-refractivity contribution in [2.45, 2.75) is 18.9 Å². The number of pyridine rings is 1. The zero-order chi connectivity index (χ0) is 9.26. The third-order valence-corrected chi connectivity index (χ3v) is 2.35. The molecule has 1 aromatic rings. The third kappa shape index (κ3) is 1.68. The second kappa shape index (κ2) is 3.40. The zero-order valence-corrected chi connectivity index (χ0v) is 7.20. The molecule has 0 saturated heterocycles. The van der Waals surface area contributed by atoms with Crippen LogP contribution >= 0.6 is 0 Å². The summed E-state index contributed by atoms with van der Waals surface area (Å²) in [6.07, 6.45) is 3.79. The quantitative estimate of drug-likeness (QED) is 0.543. The van der Waals surface area contributed by atoms with E-state index in [0.29, 0.717) is 11.6 Å². The molecule has 0 aromatic carbocycles. The van der Waals surface area contributed by atoms with Crippen molar-refractivity contribution in [2.75, 3.05) is 0 Å². The number of hydrazine groups is 1. The maximum absolute atomic E-state index is 13.3. The van der Waals surface area contributed by atoms with Gasteiger partial charge in [0.2, 0.25) is 0 Å². The molecule has 1 heterocycles. The molecule has 2 rings (SSSR count). The van der Waals surface area contributed by atoms with E-state index in [1.165, 1.54) is 6.07 Å². The first-order valence-electron chi connectivity index (χ1n) is 4.39. The first kappa shape index (κ1) is 8.59. The first-order chi connectivity index (χ1) is 6.33. The molecule has 1 saturated carbocycles. The van der Waals surface area contributed by atoms with Gasteiger partial charge in [0.15, 0.2) is 0 Å². The average molecular weight is 181 g/mol. The summed E-state index contributed by atoms with van der Waals surface area (Å²) in [5.74, 6) is 5.53. The lowest BCUT2D eigenvalue weighted by Gasteiger charge is -2.14. The number of halogens is 1. The van der Waals surface area contributed by atoms with Gasteiger partial charge in [-0.2, -0.15) is 0 Å². The van der Waals surface area contributed by atoms with Crippen LogP contribution in [0.1, 0.15) is 24.6 Å². The molecule has 4 heteroatoms. The number of nitrogens with two attached hydrogens (primary N) is 1. The van der Waals surface area contributed by atoms with Crippen LogP contribution in [0, 0.1) is 11.7 Å². The summed E-state index contributed by atoms with van der Waals surface area (Å²) in [6, 6.07) is 2.87. The number of nitrogens with one attached hydrogen (secondary N) is 1. The van der Waals surface area contributed by atoms with E-state index in [0.717, 1.165) is 12.8 Å².